The lowest BCUT2D eigenvalue weighted by molar-refractivity contribution is 0.151. The van der Waals surface area contributed by atoms with Gasteiger partial charge in [0.1, 0.15) is 5.75 Å². The van der Waals surface area contributed by atoms with Gasteiger partial charge in [0.05, 0.1) is 19.0 Å². The third-order valence-corrected chi connectivity index (χ3v) is 6.68. The lowest BCUT2D eigenvalue weighted by Crippen LogP contribution is -2.57. The number of carbonyl (C=O) groups is 1. The van der Waals surface area contributed by atoms with Gasteiger partial charge in [0.15, 0.2) is 0 Å². The Morgan fingerprint density at radius 3 is 2.17 bits per heavy atom. The van der Waals surface area contributed by atoms with Crippen molar-refractivity contribution in [2.75, 3.05) is 43.1 Å². The van der Waals surface area contributed by atoms with Gasteiger partial charge in [0.25, 0.3) is 0 Å². The second-order valence-electron chi connectivity index (χ2n) is 8.95. The maximum Gasteiger partial charge on any atom is 0.413 e. The molecule has 1 aliphatic heterocycles. The van der Waals surface area contributed by atoms with Gasteiger partial charge >= 0.3 is 6.09 Å². The van der Waals surface area contributed by atoms with E-state index in [4.69, 9.17) is 4.74 Å². The fraction of sp³-hybridized carbons (Fsp3) is 0.345. The highest BCUT2D eigenvalue weighted by molar-refractivity contribution is 5.86. The van der Waals surface area contributed by atoms with Crippen LogP contribution in [0.1, 0.15) is 30.9 Å². The molecule has 3 aromatic rings. The molecule has 3 aromatic carbocycles. The number of hydrogen-bond acceptors (Lipinski definition) is 4. The quantitative estimate of drug-likeness (QED) is 0.431. The first kappa shape index (κ1) is 24.6. The molecule has 1 amide bonds. The Bertz CT molecular complexity index is 1080. The molecule has 1 saturated heterocycles. The van der Waals surface area contributed by atoms with Gasteiger partial charge in [-0.1, -0.05) is 67.9 Å². The van der Waals surface area contributed by atoms with Gasteiger partial charge in [-0.05, 0) is 48.2 Å². The van der Waals surface area contributed by atoms with Gasteiger partial charge in [-0.25, -0.2) is 4.79 Å². The highest BCUT2D eigenvalue weighted by atomic mass is 16.5. The summed E-state index contributed by atoms with van der Waals surface area (Å²) < 4.78 is 5.54. The van der Waals surface area contributed by atoms with Crippen LogP contribution in [0, 0.1) is 0 Å². The molecule has 0 aromatic heterocycles. The van der Waals surface area contributed by atoms with Crippen LogP contribution in [0.5, 0.6) is 5.75 Å². The van der Waals surface area contributed by atoms with Gasteiger partial charge in [0, 0.05) is 31.9 Å². The number of piperazine rings is 1. The van der Waals surface area contributed by atoms with Gasteiger partial charge in [-0.15, -0.1) is 0 Å². The molecular weight excluding hydrogens is 438 g/mol. The fourth-order valence-electron chi connectivity index (χ4n) is 4.90. The number of methoxy groups -OCH3 is 1. The van der Waals surface area contributed by atoms with Crippen LogP contribution < -0.4 is 14.5 Å². The minimum absolute atomic E-state index is 0.197. The fourth-order valence-corrected chi connectivity index (χ4v) is 4.90. The highest BCUT2D eigenvalue weighted by Gasteiger charge is 2.32. The summed E-state index contributed by atoms with van der Waals surface area (Å²) >= 11 is 0. The highest BCUT2D eigenvalue weighted by Crippen LogP contribution is 2.30. The van der Waals surface area contributed by atoms with Crippen molar-refractivity contribution >= 4 is 17.5 Å². The summed E-state index contributed by atoms with van der Waals surface area (Å²) in [6.07, 6.45) is 1.42. The number of hydrogen-bond donors (Lipinski definition) is 1. The second-order valence-corrected chi connectivity index (χ2v) is 8.95. The molecule has 6 heteroatoms. The second kappa shape index (κ2) is 11.8. The molecule has 1 unspecified atom stereocenters. The Kier molecular flexibility index (Phi) is 8.27. The van der Waals surface area contributed by atoms with E-state index in [1.807, 2.05) is 60.7 Å². The van der Waals surface area contributed by atoms with Gasteiger partial charge in [-0.2, -0.15) is 0 Å². The number of carboxylic acid groups (broad SMARTS) is 1. The standard InChI is InChI=1S/C29H35N3O3/c1-3-9-28(31-20-18-30(19-21-31)26-12-7-8-13-27(26)35-2)32(29(33)34)25-16-14-24(15-17-25)22-23-10-5-4-6-11-23/h4-8,10-17,28H,3,9,18-22H2,1-2H3,(H,33,34). The van der Waals surface area contributed by atoms with Crippen LogP contribution in [0.25, 0.3) is 0 Å². The van der Waals surface area contributed by atoms with Gasteiger partial charge in [-0.3, -0.25) is 9.80 Å². The first-order valence-corrected chi connectivity index (χ1v) is 12.4. The molecule has 1 fully saturated rings. The Balaban J connectivity index is 1.48. The van der Waals surface area contributed by atoms with Gasteiger partial charge < -0.3 is 14.7 Å². The van der Waals surface area contributed by atoms with E-state index >= 15 is 0 Å². The van der Waals surface area contributed by atoms with Crippen molar-refractivity contribution < 1.29 is 14.6 Å². The largest absolute Gasteiger partial charge is 0.495 e. The number of rotatable bonds is 9. The van der Waals surface area contributed by atoms with E-state index in [0.717, 1.165) is 62.6 Å². The number of nitrogens with zero attached hydrogens (tertiary/aromatic N) is 3. The molecule has 184 valence electrons. The summed E-state index contributed by atoms with van der Waals surface area (Å²) in [7, 11) is 1.70. The first-order chi connectivity index (χ1) is 17.1. The van der Waals surface area contributed by atoms with Crippen LogP contribution >= 0.6 is 0 Å². The number of ether oxygens (including phenoxy) is 1. The lowest BCUT2D eigenvalue weighted by atomic mass is 10.0. The summed E-state index contributed by atoms with van der Waals surface area (Å²) in [6, 6.07) is 26.4. The van der Waals surface area contributed by atoms with E-state index < -0.39 is 6.09 Å². The Hall–Kier alpha value is -3.51. The number of benzene rings is 3. The van der Waals surface area contributed by atoms with E-state index in [1.165, 1.54) is 11.1 Å². The summed E-state index contributed by atoms with van der Waals surface area (Å²) in [5, 5.41) is 10.2. The zero-order valence-corrected chi connectivity index (χ0v) is 20.6. The van der Waals surface area contributed by atoms with Crippen molar-refractivity contribution in [2.45, 2.75) is 32.4 Å². The minimum atomic E-state index is -0.911. The monoisotopic (exact) mass is 473 g/mol. The third-order valence-electron chi connectivity index (χ3n) is 6.68. The van der Waals surface area contributed by atoms with Crippen LogP contribution in [-0.2, 0) is 6.42 Å². The van der Waals surface area contributed by atoms with Crippen molar-refractivity contribution in [3.63, 3.8) is 0 Å². The average Bonchev–Trinajstić information content (AvgIpc) is 2.90. The summed E-state index contributed by atoms with van der Waals surface area (Å²) in [6.45, 7) is 5.34. The normalized spacial score (nSPS) is 15.0. The molecule has 0 saturated carbocycles. The number of para-hydroxylation sites is 2. The van der Waals surface area contributed by atoms with E-state index in [1.54, 1.807) is 12.0 Å². The lowest BCUT2D eigenvalue weighted by Gasteiger charge is -2.43. The SMILES string of the molecule is CCCC(N1CCN(c2ccccc2OC)CC1)N(C(=O)O)c1ccc(Cc2ccccc2)cc1. The summed E-state index contributed by atoms with van der Waals surface area (Å²) in [4.78, 5) is 18.7. The molecule has 0 aliphatic carbocycles. The van der Waals surface area contributed by atoms with Crippen molar-refractivity contribution in [1.29, 1.82) is 0 Å². The van der Waals surface area contributed by atoms with E-state index in [0.29, 0.717) is 0 Å². The van der Waals surface area contributed by atoms with Crippen LogP contribution in [0.15, 0.2) is 78.9 Å². The van der Waals surface area contributed by atoms with E-state index in [2.05, 4.69) is 34.9 Å². The molecule has 1 atom stereocenters. The van der Waals surface area contributed by atoms with E-state index in [-0.39, 0.29) is 6.17 Å². The smallest absolute Gasteiger partial charge is 0.413 e. The van der Waals surface area contributed by atoms with E-state index in [9.17, 15) is 9.90 Å². The van der Waals surface area contributed by atoms with Gasteiger partial charge in [0.2, 0.25) is 0 Å². The molecule has 0 bridgehead atoms. The molecule has 0 radical (unpaired) electrons. The third kappa shape index (κ3) is 5.95. The predicted molar refractivity (Wildman–Crippen MR) is 142 cm³/mol. The molecule has 4 rings (SSSR count). The molecule has 6 nitrogen and oxygen atoms in total. The summed E-state index contributed by atoms with van der Waals surface area (Å²) in [5.74, 6) is 0.869. The number of anilines is 2. The average molecular weight is 474 g/mol. The predicted octanol–water partition coefficient (Wildman–Crippen LogP) is 5.72. The number of amides is 1. The zero-order valence-electron chi connectivity index (χ0n) is 20.6. The molecule has 1 N–H and O–H groups in total. The van der Waals surface area contributed by atoms with Crippen molar-refractivity contribution in [1.82, 2.24) is 4.90 Å². The molecule has 35 heavy (non-hydrogen) atoms. The minimum Gasteiger partial charge on any atom is -0.495 e. The van der Waals surface area contributed by atoms with Crippen molar-refractivity contribution in [3.05, 3.63) is 90.0 Å². The molecule has 0 spiro atoms. The van der Waals surface area contributed by atoms with Crippen LogP contribution in [0.3, 0.4) is 0 Å². The van der Waals surface area contributed by atoms with Crippen molar-refractivity contribution in [2.24, 2.45) is 0 Å². The Morgan fingerprint density at radius 2 is 1.54 bits per heavy atom. The molecular formula is C29H35N3O3. The Labute approximate surface area is 208 Å². The maximum atomic E-state index is 12.5. The van der Waals surface area contributed by atoms with Crippen LogP contribution in [0.4, 0.5) is 16.2 Å². The zero-order chi connectivity index (χ0) is 24.6. The molecule has 1 heterocycles. The summed E-state index contributed by atoms with van der Waals surface area (Å²) in [5.41, 5.74) is 4.22. The maximum absolute atomic E-state index is 12.5. The first-order valence-electron chi connectivity index (χ1n) is 12.4. The topological polar surface area (TPSA) is 56.2 Å². The van der Waals surface area contributed by atoms with Crippen LogP contribution in [-0.4, -0.2) is 55.6 Å². The van der Waals surface area contributed by atoms with Crippen LogP contribution in [0.2, 0.25) is 0 Å². The Morgan fingerprint density at radius 1 is 0.914 bits per heavy atom. The molecule has 1 aliphatic rings. The van der Waals surface area contributed by atoms with Crippen molar-refractivity contribution in [3.8, 4) is 5.75 Å².